The number of nitrogens with zero attached hydrogens (tertiary/aromatic N) is 8. The lowest BCUT2D eigenvalue weighted by Gasteiger charge is -2.16. The first kappa shape index (κ1) is 59.1. The van der Waals surface area contributed by atoms with Crippen LogP contribution in [0.3, 0.4) is 0 Å². The van der Waals surface area contributed by atoms with E-state index in [9.17, 15) is 19.2 Å². The van der Waals surface area contributed by atoms with E-state index >= 15 is 0 Å². The van der Waals surface area contributed by atoms with Gasteiger partial charge in [0.15, 0.2) is 0 Å². The molecule has 0 spiro atoms. The Morgan fingerprint density at radius 1 is 0.341 bits per heavy atom. The molecule has 12 nitrogen and oxygen atoms in total. The van der Waals surface area contributed by atoms with E-state index in [1.165, 1.54) is 97.5 Å². The second-order valence-corrected chi connectivity index (χ2v) is 29.8. The molecule has 6 aromatic carbocycles. The molecule has 0 atom stereocenters. The highest BCUT2D eigenvalue weighted by molar-refractivity contribution is 7.21. The number of fused-ring (bicyclic) bond motifs is 14. The highest BCUT2D eigenvalue weighted by Gasteiger charge is 2.43. The van der Waals surface area contributed by atoms with Gasteiger partial charge >= 0.3 is 0 Å². The van der Waals surface area contributed by atoms with Crippen molar-refractivity contribution in [1.82, 2.24) is 17.5 Å². The molecule has 18 heteroatoms. The molecule has 0 N–H and O–H groups in total. The Bertz CT molecular complexity index is 4890. The van der Waals surface area contributed by atoms with Crippen molar-refractivity contribution in [3.8, 4) is 0 Å². The molecule has 16 rings (SSSR count). The fourth-order valence-electron chi connectivity index (χ4n) is 13.1. The molecular weight excluding hydrogens is 1210 g/mol. The van der Waals surface area contributed by atoms with Crippen molar-refractivity contribution in [1.29, 1.82) is 0 Å². The van der Waals surface area contributed by atoms with Crippen LogP contribution in [0.1, 0.15) is 96.0 Å². The Kier molecular flexibility index (Phi) is 14.4. The van der Waals surface area contributed by atoms with Gasteiger partial charge in [-0.3, -0.25) is 19.2 Å². The molecular formula is C70H64N8O4S6. The molecule has 4 amide bonds. The van der Waals surface area contributed by atoms with E-state index in [1.54, 1.807) is 70.5 Å². The topological polar surface area (TPSA) is 133 Å². The van der Waals surface area contributed by atoms with Crippen LogP contribution in [0.2, 0.25) is 0 Å². The number of rotatable bonds is 0. The van der Waals surface area contributed by atoms with Crippen molar-refractivity contribution in [2.24, 2.45) is 0 Å². The number of benzene rings is 6. The zero-order valence-corrected chi connectivity index (χ0v) is 57.3. The average molecular weight is 1270 g/mol. The van der Waals surface area contributed by atoms with E-state index in [2.05, 4.69) is 98.9 Å². The van der Waals surface area contributed by atoms with Crippen LogP contribution >= 0.6 is 68.8 Å². The van der Waals surface area contributed by atoms with Gasteiger partial charge in [-0.05, 0) is 200 Å². The number of amides is 4. The largest absolute Gasteiger partial charge is 0.311 e. The Balaban J connectivity index is 0.000000109. The first-order valence-electron chi connectivity index (χ1n) is 28.9. The van der Waals surface area contributed by atoms with E-state index in [1.807, 2.05) is 98.9 Å². The monoisotopic (exact) mass is 1270 g/mol. The summed E-state index contributed by atoms with van der Waals surface area (Å²) >= 11 is 9.63. The van der Waals surface area contributed by atoms with E-state index in [0.29, 0.717) is 22.3 Å². The summed E-state index contributed by atoms with van der Waals surface area (Å²) in [5.41, 5.74) is 24.5. The van der Waals surface area contributed by atoms with Gasteiger partial charge in [0.25, 0.3) is 23.6 Å². The van der Waals surface area contributed by atoms with Crippen molar-refractivity contribution in [3.05, 3.63) is 157 Å². The van der Waals surface area contributed by atoms with Gasteiger partial charge < -0.3 is 19.6 Å². The van der Waals surface area contributed by atoms with Crippen LogP contribution in [-0.4, -0.2) is 69.3 Å². The summed E-state index contributed by atoms with van der Waals surface area (Å²) in [6.07, 6.45) is 0. The van der Waals surface area contributed by atoms with Crippen molar-refractivity contribution in [2.75, 3.05) is 47.8 Å². The standard InChI is InChI=1S/C22H24S2.C20H18N2O2.C16H14N2O2S2.C12H8N4S2/c1-9-11(3)19-20(21-17(9)13(5)15(7)23-21)12(4)10(2)18-14(6)16(8)24-22(18)19;1-11-5-7-13-15(9-11)21(3)19(23)17(13)18-14-8-6-12(2)10-16(14)22(4)20(18)24;1-7-5-9-13(21-7)11(15(19)17(9)3)12-14-10(6-8(2)22-14)18(4)16(12)20;1-5-3-7-8(11-9(5)13-17-15-11)4-6(2)10-12(7)16-18-14-10/h1-8H3;5-10H,1-4H3;5-6H,1-4H3;3-4H,1-2H3/b;18-17+;12-11+;. The van der Waals surface area contributed by atoms with Crippen LogP contribution in [0.15, 0.2) is 60.7 Å². The highest BCUT2D eigenvalue weighted by atomic mass is 32.1. The van der Waals surface area contributed by atoms with Gasteiger partial charge in [-0.15, -0.1) is 45.3 Å². The number of hydrogen-bond donors (Lipinski definition) is 0. The Hall–Kier alpha value is -7.84. The minimum Gasteiger partial charge on any atom is -0.311 e. The number of thiophene rings is 4. The summed E-state index contributed by atoms with van der Waals surface area (Å²) in [6, 6.07) is 20.1. The van der Waals surface area contributed by atoms with Crippen LogP contribution in [0.25, 0.3) is 86.1 Å². The summed E-state index contributed by atoms with van der Waals surface area (Å²) in [7, 11) is 7.05. The van der Waals surface area contributed by atoms with Crippen molar-refractivity contribution in [2.45, 2.75) is 96.9 Å². The van der Waals surface area contributed by atoms with Crippen molar-refractivity contribution < 1.29 is 19.2 Å². The number of carbonyl (C=O) groups excluding carboxylic acids is 4. The number of anilines is 4. The Morgan fingerprint density at radius 3 is 1.05 bits per heavy atom. The van der Waals surface area contributed by atoms with Gasteiger partial charge in [-0.1, -0.05) is 24.3 Å². The van der Waals surface area contributed by atoms with Gasteiger partial charge in [0.2, 0.25) is 0 Å². The molecule has 0 unspecified atom stereocenters. The molecule has 4 aliphatic rings. The van der Waals surface area contributed by atoms with Crippen LogP contribution < -0.4 is 19.6 Å². The minimum atomic E-state index is -0.124. The Morgan fingerprint density at radius 2 is 0.670 bits per heavy atom. The smallest absolute Gasteiger partial charge is 0.260 e. The maximum Gasteiger partial charge on any atom is 0.260 e. The third-order valence-corrected chi connectivity index (χ3v) is 24.0. The lowest BCUT2D eigenvalue weighted by molar-refractivity contribution is -0.114. The zero-order chi connectivity index (χ0) is 62.7. The molecule has 0 bridgehead atoms. The second kappa shape index (κ2) is 21.4. The lowest BCUT2D eigenvalue weighted by atomic mass is 9.89. The predicted octanol–water partition coefficient (Wildman–Crippen LogP) is 17.7. The van der Waals surface area contributed by atoms with Gasteiger partial charge in [0.1, 0.15) is 22.1 Å². The SMILES string of the molecule is Cc1cc2c(cc(C)c3nsnc32)c2nsnc12.Cc1cc2c(s1)/C(=C1\C(=O)N(C)c3cc(C)sc31)C(=O)N2C.Cc1ccc2c(c1)N(C)C(=O)/C2=C1/C(=O)N(C)c2cc(C)ccc21.Cc1sc2c(c1C)c(C)c(C)c1c3sc(C)c(C)c3c(C)c(C)c21. The van der Waals surface area contributed by atoms with Crippen LogP contribution in [0, 0.1) is 96.9 Å². The summed E-state index contributed by atoms with van der Waals surface area (Å²) < 4.78 is 20.6. The molecule has 10 heterocycles. The third-order valence-electron chi connectivity index (χ3n) is 18.3. The molecule has 0 saturated heterocycles. The quantitative estimate of drug-likeness (QED) is 0.137. The maximum absolute atomic E-state index is 12.9. The van der Waals surface area contributed by atoms with E-state index in [0.717, 1.165) is 108 Å². The molecule has 4 aliphatic heterocycles. The fourth-order valence-corrected chi connectivity index (χ4v) is 19.2. The summed E-state index contributed by atoms with van der Waals surface area (Å²) in [5.74, 6) is -0.421. The van der Waals surface area contributed by atoms with E-state index in [-0.39, 0.29) is 23.6 Å². The lowest BCUT2D eigenvalue weighted by Crippen LogP contribution is -2.24. The summed E-state index contributed by atoms with van der Waals surface area (Å²) in [4.78, 5) is 64.7. The fraction of sp³-hybridized carbons (Fsp3) is 0.257. The van der Waals surface area contributed by atoms with Gasteiger partial charge in [0, 0.05) is 89.8 Å². The molecule has 0 aliphatic carbocycles. The summed E-state index contributed by atoms with van der Waals surface area (Å²) in [6.45, 7) is 30.5. The van der Waals surface area contributed by atoms with Crippen LogP contribution in [0.4, 0.5) is 22.7 Å². The van der Waals surface area contributed by atoms with Crippen LogP contribution in [0.5, 0.6) is 0 Å². The van der Waals surface area contributed by atoms with Crippen molar-refractivity contribution in [3.63, 3.8) is 0 Å². The highest BCUT2D eigenvalue weighted by Crippen LogP contribution is 2.52. The molecule has 88 heavy (non-hydrogen) atoms. The molecule has 444 valence electrons. The predicted molar refractivity (Wildman–Crippen MR) is 376 cm³/mol. The maximum atomic E-state index is 12.9. The van der Waals surface area contributed by atoms with Gasteiger partial charge in [-0.2, -0.15) is 17.5 Å². The zero-order valence-electron chi connectivity index (χ0n) is 52.4. The molecule has 0 saturated carbocycles. The van der Waals surface area contributed by atoms with Crippen LogP contribution in [-0.2, 0) is 19.2 Å². The average Bonchev–Trinajstić information content (AvgIpc) is 1.53. The summed E-state index contributed by atoms with van der Waals surface area (Å²) in [5, 5.41) is 8.24. The number of hydrogen-bond acceptors (Lipinski definition) is 14. The molecule has 12 aromatic rings. The minimum absolute atomic E-state index is 0.0862. The van der Waals surface area contributed by atoms with E-state index in [4.69, 9.17) is 0 Å². The molecule has 0 radical (unpaired) electrons. The van der Waals surface area contributed by atoms with Gasteiger partial charge in [-0.25, -0.2) is 0 Å². The molecule has 0 fully saturated rings. The first-order chi connectivity index (χ1) is 41.8. The van der Waals surface area contributed by atoms with Gasteiger partial charge in [0.05, 0.1) is 78.3 Å². The second-order valence-electron chi connectivity index (χ2n) is 23.8. The van der Waals surface area contributed by atoms with Crippen molar-refractivity contribution >= 4 is 201 Å². The number of aromatic nitrogens is 4. The normalized spacial score (nSPS) is 16.0. The third kappa shape index (κ3) is 8.78. The number of likely N-dealkylation sites (N-methyl/N-ethyl adjacent to an activating group) is 4. The van der Waals surface area contributed by atoms with E-state index < -0.39 is 0 Å². The molecule has 6 aromatic heterocycles. The number of aryl methyl sites for hydroxylation is 14. The first-order valence-corrected chi connectivity index (χ1v) is 33.7. The number of carbonyl (C=O) groups is 4. The Labute approximate surface area is 535 Å².